The molecule has 0 aliphatic heterocycles. The van der Waals surface area contributed by atoms with E-state index in [1.807, 2.05) is 0 Å². The molecule has 0 spiro atoms. The Morgan fingerprint density at radius 2 is 1.95 bits per heavy atom. The molecule has 0 radical (unpaired) electrons. The number of hydrogen-bond acceptors (Lipinski definition) is 1. The van der Waals surface area contributed by atoms with E-state index in [-0.39, 0.29) is 0 Å². The molecule has 0 atom stereocenters. The molecule has 2 aromatic carbocycles. The molecule has 2 nitrogen and oxygen atoms in total. The summed E-state index contributed by atoms with van der Waals surface area (Å²) in [6, 6.07) is 13.1. The third-order valence-electron chi connectivity index (χ3n) is 4.10. The Morgan fingerprint density at radius 1 is 1.10 bits per heavy atom. The molecular weight excluding hydrogens is 244 g/mol. The van der Waals surface area contributed by atoms with Gasteiger partial charge in [0.15, 0.2) is 0 Å². The fourth-order valence-electron chi connectivity index (χ4n) is 2.78. The van der Waals surface area contributed by atoms with Gasteiger partial charge in [0, 0.05) is 17.1 Å². The highest BCUT2D eigenvalue weighted by Gasteiger charge is 2.07. The molecule has 0 saturated carbocycles. The molecule has 2 heteroatoms. The van der Waals surface area contributed by atoms with Crippen LogP contribution in [0.1, 0.15) is 16.7 Å². The van der Waals surface area contributed by atoms with Gasteiger partial charge in [-0.05, 0) is 60.7 Å². The minimum atomic E-state index is 0.686. The summed E-state index contributed by atoms with van der Waals surface area (Å²) in [6.07, 6.45) is 2.99. The van der Waals surface area contributed by atoms with Crippen LogP contribution >= 0.6 is 0 Å². The summed E-state index contributed by atoms with van der Waals surface area (Å²) in [5, 5.41) is 1.28. The number of H-pyrrole nitrogens is 1. The van der Waals surface area contributed by atoms with Crippen LogP contribution in [0.4, 0.5) is 0 Å². The Kier molecular flexibility index (Phi) is 3.33. The Bertz CT molecular complexity index is 753. The molecule has 0 bridgehead atoms. The highest BCUT2D eigenvalue weighted by atomic mass is 14.7. The van der Waals surface area contributed by atoms with E-state index in [1.165, 1.54) is 38.7 Å². The molecule has 3 rings (SSSR count). The monoisotopic (exact) mass is 264 g/mol. The molecule has 0 fully saturated rings. The van der Waals surface area contributed by atoms with Crippen molar-refractivity contribution in [3.63, 3.8) is 0 Å². The van der Waals surface area contributed by atoms with Gasteiger partial charge in [-0.3, -0.25) is 0 Å². The number of nitrogens with one attached hydrogen (secondary N) is 1. The summed E-state index contributed by atoms with van der Waals surface area (Å²) >= 11 is 0. The predicted molar refractivity (Wildman–Crippen MR) is 86.0 cm³/mol. The van der Waals surface area contributed by atoms with E-state index in [0.29, 0.717) is 6.54 Å². The molecule has 0 amide bonds. The molecule has 0 saturated heterocycles. The third kappa shape index (κ3) is 2.12. The second-order valence-corrected chi connectivity index (χ2v) is 5.36. The summed E-state index contributed by atoms with van der Waals surface area (Å²) in [5.74, 6) is 0. The van der Waals surface area contributed by atoms with E-state index in [9.17, 15) is 0 Å². The smallest absolute Gasteiger partial charge is 0.0463 e. The van der Waals surface area contributed by atoms with Crippen molar-refractivity contribution < 1.29 is 0 Å². The van der Waals surface area contributed by atoms with Crippen molar-refractivity contribution >= 4 is 10.9 Å². The minimum absolute atomic E-state index is 0.686. The van der Waals surface area contributed by atoms with Gasteiger partial charge < -0.3 is 10.7 Å². The van der Waals surface area contributed by atoms with Gasteiger partial charge in [-0.25, -0.2) is 0 Å². The molecule has 0 unspecified atom stereocenters. The fraction of sp³-hybridized carbons (Fsp3) is 0.222. The molecule has 0 aliphatic rings. The minimum Gasteiger partial charge on any atom is -0.361 e. The molecule has 3 aromatic rings. The molecule has 1 aromatic heterocycles. The number of aromatic nitrogens is 1. The highest BCUT2D eigenvalue weighted by Crippen LogP contribution is 2.29. The number of aromatic amines is 1. The van der Waals surface area contributed by atoms with Gasteiger partial charge in [0.1, 0.15) is 0 Å². The topological polar surface area (TPSA) is 41.8 Å². The van der Waals surface area contributed by atoms with Crippen molar-refractivity contribution in [2.45, 2.75) is 20.3 Å². The van der Waals surface area contributed by atoms with Gasteiger partial charge >= 0.3 is 0 Å². The molecule has 20 heavy (non-hydrogen) atoms. The number of benzene rings is 2. The summed E-state index contributed by atoms with van der Waals surface area (Å²) < 4.78 is 0. The van der Waals surface area contributed by atoms with E-state index in [4.69, 9.17) is 5.73 Å². The summed E-state index contributed by atoms with van der Waals surface area (Å²) in [7, 11) is 0. The lowest BCUT2D eigenvalue weighted by Crippen LogP contribution is -2.01. The third-order valence-corrected chi connectivity index (χ3v) is 4.10. The summed E-state index contributed by atoms with van der Waals surface area (Å²) in [4.78, 5) is 3.36. The number of aryl methyl sites for hydroxylation is 1. The second-order valence-electron chi connectivity index (χ2n) is 5.36. The Hall–Kier alpha value is -2.06. The van der Waals surface area contributed by atoms with Crippen LogP contribution in [0.3, 0.4) is 0 Å². The average Bonchev–Trinajstić information content (AvgIpc) is 2.85. The normalized spacial score (nSPS) is 11.2. The standard InChI is InChI=1S/C18H20N2/c1-12-4-3-5-16(13(12)2)14-6-7-17-15(8-9-19)11-20-18(17)10-14/h3-7,10-11,20H,8-9,19H2,1-2H3. The van der Waals surface area contributed by atoms with Gasteiger partial charge in [0.05, 0.1) is 0 Å². The van der Waals surface area contributed by atoms with Crippen LogP contribution in [0.5, 0.6) is 0 Å². The van der Waals surface area contributed by atoms with Gasteiger partial charge in [0.25, 0.3) is 0 Å². The van der Waals surface area contributed by atoms with Gasteiger partial charge in [0.2, 0.25) is 0 Å². The number of fused-ring (bicyclic) bond motifs is 1. The first-order valence-electron chi connectivity index (χ1n) is 7.07. The summed E-state index contributed by atoms with van der Waals surface area (Å²) in [6.45, 7) is 5.03. The van der Waals surface area contributed by atoms with E-state index in [0.717, 1.165) is 6.42 Å². The average molecular weight is 264 g/mol. The second kappa shape index (κ2) is 5.14. The first kappa shape index (κ1) is 12.9. The first-order valence-corrected chi connectivity index (χ1v) is 7.07. The van der Waals surface area contributed by atoms with Crippen molar-refractivity contribution in [1.29, 1.82) is 0 Å². The van der Waals surface area contributed by atoms with Crippen LogP contribution in [-0.2, 0) is 6.42 Å². The quantitative estimate of drug-likeness (QED) is 0.739. The van der Waals surface area contributed by atoms with Crippen molar-refractivity contribution in [2.24, 2.45) is 5.73 Å². The number of nitrogens with two attached hydrogens (primary N) is 1. The van der Waals surface area contributed by atoms with Crippen molar-refractivity contribution in [3.05, 3.63) is 59.3 Å². The molecule has 1 heterocycles. The summed E-state index contributed by atoms with van der Waals surface area (Å²) in [5.41, 5.74) is 13.4. The molecule has 0 aliphatic carbocycles. The van der Waals surface area contributed by atoms with Gasteiger partial charge in [-0.15, -0.1) is 0 Å². The zero-order valence-electron chi connectivity index (χ0n) is 12.0. The zero-order chi connectivity index (χ0) is 14.1. The lowest BCUT2D eigenvalue weighted by Gasteiger charge is -2.09. The van der Waals surface area contributed by atoms with E-state index in [2.05, 4.69) is 61.4 Å². The SMILES string of the molecule is Cc1cccc(-c2ccc3c(CCN)c[nH]c3c2)c1C. The van der Waals surface area contributed by atoms with E-state index in [1.54, 1.807) is 0 Å². The van der Waals surface area contributed by atoms with Crippen LogP contribution in [0.25, 0.3) is 22.0 Å². The lowest BCUT2D eigenvalue weighted by molar-refractivity contribution is 0.976. The molecular formula is C18H20N2. The van der Waals surface area contributed by atoms with E-state index < -0.39 is 0 Å². The Labute approximate surface area is 119 Å². The van der Waals surface area contributed by atoms with E-state index >= 15 is 0 Å². The van der Waals surface area contributed by atoms with Crippen molar-refractivity contribution in [1.82, 2.24) is 4.98 Å². The fourth-order valence-corrected chi connectivity index (χ4v) is 2.78. The van der Waals surface area contributed by atoms with Crippen LogP contribution in [0.15, 0.2) is 42.6 Å². The van der Waals surface area contributed by atoms with Crippen LogP contribution < -0.4 is 5.73 Å². The number of hydrogen-bond donors (Lipinski definition) is 2. The Balaban J connectivity index is 2.12. The first-order chi connectivity index (χ1) is 9.70. The van der Waals surface area contributed by atoms with Gasteiger partial charge in [-0.1, -0.05) is 30.3 Å². The van der Waals surface area contributed by atoms with Crippen molar-refractivity contribution in [2.75, 3.05) is 6.54 Å². The zero-order valence-corrected chi connectivity index (χ0v) is 12.0. The van der Waals surface area contributed by atoms with Crippen LogP contribution in [-0.4, -0.2) is 11.5 Å². The van der Waals surface area contributed by atoms with Crippen LogP contribution in [0.2, 0.25) is 0 Å². The maximum Gasteiger partial charge on any atom is 0.0463 e. The number of rotatable bonds is 3. The maximum absolute atomic E-state index is 5.65. The van der Waals surface area contributed by atoms with Crippen LogP contribution in [0, 0.1) is 13.8 Å². The molecule has 102 valence electrons. The highest BCUT2D eigenvalue weighted by molar-refractivity contribution is 5.88. The lowest BCUT2D eigenvalue weighted by atomic mass is 9.96. The van der Waals surface area contributed by atoms with Crippen molar-refractivity contribution in [3.8, 4) is 11.1 Å². The Morgan fingerprint density at radius 3 is 2.75 bits per heavy atom. The predicted octanol–water partition coefficient (Wildman–Crippen LogP) is 3.95. The molecule has 3 N–H and O–H groups in total. The largest absolute Gasteiger partial charge is 0.361 e. The maximum atomic E-state index is 5.65. The van der Waals surface area contributed by atoms with Gasteiger partial charge in [-0.2, -0.15) is 0 Å².